The average Bonchev–Trinajstić information content (AvgIpc) is 2.74. The number of oxazole rings is 1. The Hall–Kier alpha value is -1.09. The zero-order valence-corrected chi connectivity index (χ0v) is 7.38. The van der Waals surface area contributed by atoms with Crippen LogP contribution in [-0.4, -0.2) is 4.98 Å². The van der Waals surface area contributed by atoms with Crippen molar-refractivity contribution in [3.63, 3.8) is 0 Å². The third kappa shape index (κ3) is 1.74. The van der Waals surface area contributed by atoms with E-state index in [1.165, 1.54) is 12.0 Å². The van der Waals surface area contributed by atoms with Crippen LogP contribution in [-0.2, 0) is 12.8 Å². The average molecular weight is 179 g/mol. The van der Waals surface area contributed by atoms with Gasteiger partial charge in [0.1, 0.15) is 6.26 Å². The van der Waals surface area contributed by atoms with Gasteiger partial charge >= 0.3 is 0 Å². The van der Waals surface area contributed by atoms with Gasteiger partial charge in [-0.2, -0.15) is 11.3 Å². The van der Waals surface area contributed by atoms with Crippen molar-refractivity contribution in [2.24, 2.45) is 0 Å². The Kier molecular flexibility index (Phi) is 2.23. The summed E-state index contributed by atoms with van der Waals surface area (Å²) in [6.07, 6.45) is 5.19. The maximum absolute atomic E-state index is 4.88. The van der Waals surface area contributed by atoms with E-state index in [-0.39, 0.29) is 0 Å². The normalized spacial score (nSPS) is 10.3. The predicted octanol–water partition coefficient (Wildman–Crippen LogP) is 2.52. The molecular weight excluding hydrogens is 170 g/mol. The summed E-state index contributed by atoms with van der Waals surface area (Å²) < 4.78 is 4.88. The van der Waals surface area contributed by atoms with Crippen LogP contribution in [0.4, 0.5) is 0 Å². The molecule has 2 nitrogen and oxygen atoms in total. The van der Waals surface area contributed by atoms with Gasteiger partial charge < -0.3 is 4.42 Å². The molecule has 0 aliphatic rings. The molecule has 0 fully saturated rings. The van der Waals surface area contributed by atoms with Gasteiger partial charge in [0.15, 0.2) is 6.39 Å². The molecule has 0 radical (unpaired) electrons. The van der Waals surface area contributed by atoms with Gasteiger partial charge in [0.2, 0.25) is 0 Å². The molecule has 0 amide bonds. The Labute approximate surface area is 74.9 Å². The van der Waals surface area contributed by atoms with Crippen molar-refractivity contribution < 1.29 is 4.42 Å². The highest BCUT2D eigenvalue weighted by Crippen LogP contribution is 2.09. The molecule has 0 spiro atoms. The van der Waals surface area contributed by atoms with Crippen LogP contribution in [0, 0.1) is 0 Å². The first-order chi connectivity index (χ1) is 5.95. The molecule has 2 aromatic heterocycles. The fourth-order valence-electron chi connectivity index (χ4n) is 1.07. The van der Waals surface area contributed by atoms with E-state index in [0.29, 0.717) is 0 Å². The van der Waals surface area contributed by atoms with E-state index < -0.39 is 0 Å². The molecule has 12 heavy (non-hydrogen) atoms. The number of aromatic nitrogens is 1. The molecule has 62 valence electrons. The number of aryl methyl sites for hydroxylation is 2. The van der Waals surface area contributed by atoms with Crippen LogP contribution in [0.1, 0.15) is 11.3 Å². The Morgan fingerprint density at radius 2 is 2.42 bits per heavy atom. The van der Waals surface area contributed by atoms with Crippen molar-refractivity contribution >= 4 is 11.3 Å². The number of rotatable bonds is 3. The van der Waals surface area contributed by atoms with Crippen LogP contribution in [0.3, 0.4) is 0 Å². The third-order valence-corrected chi connectivity index (χ3v) is 2.47. The minimum atomic E-state index is 0.966. The molecule has 2 heterocycles. The summed E-state index contributed by atoms with van der Waals surface area (Å²) in [5.41, 5.74) is 2.41. The van der Waals surface area contributed by atoms with Crippen molar-refractivity contribution in [3.8, 4) is 0 Å². The molecule has 0 saturated heterocycles. The standard InChI is InChI=1S/C9H9NOS/c1(8-3-4-12-6-8)2-9-5-11-7-10-9/h3-7H,1-2H2. The lowest BCUT2D eigenvalue weighted by atomic mass is 10.2. The second kappa shape index (κ2) is 3.54. The Morgan fingerprint density at radius 1 is 1.42 bits per heavy atom. The molecule has 0 saturated carbocycles. The number of thiophene rings is 1. The van der Waals surface area contributed by atoms with Gasteiger partial charge in [-0.3, -0.25) is 0 Å². The highest BCUT2D eigenvalue weighted by molar-refractivity contribution is 7.07. The largest absolute Gasteiger partial charge is 0.451 e. The van der Waals surface area contributed by atoms with Crippen LogP contribution in [0.15, 0.2) is 33.9 Å². The minimum absolute atomic E-state index is 0.966. The lowest BCUT2D eigenvalue weighted by Gasteiger charge is -1.91. The summed E-state index contributed by atoms with van der Waals surface area (Å²) in [6, 6.07) is 2.14. The van der Waals surface area contributed by atoms with Crippen molar-refractivity contribution in [2.75, 3.05) is 0 Å². The minimum Gasteiger partial charge on any atom is -0.451 e. The van der Waals surface area contributed by atoms with Crippen LogP contribution in [0.2, 0.25) is 0 Å². The van der Waals surface area contributed by atoms with E-state index in [0.717, 1.165) is 18.5 Å². The molecule has 0 aliphatic heterocycles. The van der Waals surface area contributed by atoms with Gasteiger partial charge in [0.05, 0.1) is 5.69 Å². The zero-order valence-electron chi connectivity index (χ0n) is 6.56. The zero-order chi connectivity index (χ0) is 8.23. The number of hydrogen-bond acceptors (Lipinski definition) is 3. The molecule has 3 heteroatoms. The van der Waals surface area contributed by atoms with Crippen LogP contribution < -0.4 is 0 Å². The van der Waals surface area contributed by atoms with Crippen molar-refractivity contribution in [3.05, 3.63) is 40.7 Å². The predicted molar refractivity (Wildman–Crippen MR) is 48.2 cm³/mol. The molecular formula is C9H9NOS. The van der Waals surface area contributed by atoms with Gasteiger partial charge in [-0.1, -0.05) is 0 Å². The van der Waals surface area contributed by atoms with E-state index in [1.54, 1.807) is 17.6 Å². The second-order valence-electron chi connectivity index (χ2n) is 2.61. The number of nitrogens with zero attached hydrogens (tertiary/aromatic N) is 1. The first kappa shape index (κ1) is 7.55. The molecule has 0 N–H and O–H groups in total. The first-order valence-electron chi connectivity index (χ1n) is 3.83. The highest BCUT2D eigenvalue weighted by Gasteiger charge is 1.97. The molecule has 0 aliphatic carbocycles. The summed E-state index contributed by atoms with van der Waals surface area (Å²) in [6.45, 7) is 0. The maximum Gasteiger partial charge on any atom is 0.180 e. The third-order valence-electron chi connectivity index (χ3n) is 1.73. The SMILES string of the molecule is c1nc(CCc2ccsc2)co1. The van der Waals surface area contributed by atoms with Gasteiger partial charge in [0.25, 0.3) is 0 Å². The van der Waals surface area contributed by atoms with Gasteiger partial charge in [-0.05, 0) is 35.2 Å². The first-order valence-corrected chi connectivity index (χ1v) is 4.77. The molecule has 2 aromatic rings. The van der Waals surface area contributed by atoms with Crippen LogP contribution in [0.25, 0.3) is 0 Å². The van der Waals surface area contributed by atoms with E-state index in [1.807, 2.05) is 0 Å². The smallest absolute Gasteiger partial charge is 0.180 e. The quantitative estimate of drug-likeness (QED) is 0.723. The van der Waals surface area contributed by atoms with Crippen LogP contribution >= 0.6 is 11.3 Å². The summed E-state index contributed by atoms with van der Waals surface area (Å²) in [5.74, 6) is 0. The van der Waals surface area contributed by atoms with Crippen molar-refractivity contribution in [1.29, 1.82) is 0 Å². The molecule has 0 atom stereocenters. The maximum atomic E-state index is 4.88. The second-order valence-corrected chi connectivity index (χ2v) is 3.39. The highest BCUT2D eigenvalue weighted by atomic mass is 32.1. The van der Waals surface area contributed by atoms with Gasteiger partial charge in [-0.15, -0.1) is 0 Å². The summed E-state index contributed by atoms with van der Waals surface area (Å²) in [4.78, 5) is 4.05. The van der Waals surface area contributed by atoms with E-state index >= 15 is 0 Å². The lowest BCUT2D eigenvalue weighted by Crippen LogP contribution is -1.88. The molecule has 0 bridgehead atoms. The van der Waals surface area contributed by atoms with Crippen molar-refractivity contribution in [2.45, 2.75) is 12.8 Å². The topological polar surface area (TPSA) is 26.0 Å². The Bertz CT molecular complexity index is 278. The molecule has 0 unspecified atom stereocenters. The van der Waals surface area contributed by atoms with E-state index in [2.05, 4.69) is 21.8 Å². The van der Waals surface area contributed by atoms with E-state index in [4.69, 9.17) is 4.42 Å². The fraction of sp³-hybridized carbons (Fsp3) is 0.222. The van der Waals surface area contributed by atoms with E-state index in [9.17, 15) is 0 Å². The Morgan fingerprint density at radius 3 is 3.08 bits per heavy atom. The van der Waals surface area contributed by atoms with Gasteiger partial charge in [0, 0.05) is 0 Å². The Balaban J connectivity index is 1.91. The monoisotopic (exact) mass is 179 g/mol. The van der Waals surface area contributed by atoms with Gasteiger partial charge in [-0.25, -0.2) is 4.98 Å². The summed E-state index contributed by atoms with van der Waals surface area (Å²) in [7, 11) is 0. The lowest BCUT2D eigenvalue weighted by molar-refractivity contribution is 0.556. The fourth-order valence-corrected chi connectivity index (χ4v) is 1.77. The summed E-state index contributed by atoms with van der Waals surface area (Å²) in [5, 5.41) is 4.26. The number of hydrogen-bond donors (Lipinski definition) is 0. The van der Waals surface area contributed by atoms with Crippen molar-refractivity contribution in [1.82, 2.24) is 4.98 Å². The summed E-state index contributed by atoms with van der Waals surface area (Å²) >= 11 is 1.73. The van der Waals surface area contributed by atoms with Crippen LogP contribution in [0.5, 0.6) is 0 Å². The molecule has 2 rings (SSSR count). The molecule has 0 aromatic carbocycles.